The molecule has 4 rings (SSSR count). The number of carbonyl (C=O) groups excluding carboxylic acids is 1. The number of para-hydroxylation sites is 2. The summed E-state index contributed by atoms with van der Waals surface area (Å²) in [5.74, 6) is 1.66. The van der Waals surface area contributed by atoms with Crippen LogP contribution < -0.4 is 14.5 Å². The average Bonchev–Trinajstić information content (AvgIpc) is 2.84. The van der Waals surface area contributed by atoms with Gasteiger partial charge in [-0.1, -0.05) is 30.3 Å². The van der Waals surface area contributed by atoms with Gasteiger partial charge in [-0.25, -0.2) is 0 Å². The molecule has 30 heavy (non-hydrogen) atoms. The molecule has 154 valence electrons. The van der Waals surface area contributed by atoms with Crippen molar-refractivity contribution in [3.63, 3.8) is 0 Å². The Bertz CT molecular complexity index is 992. The fraction of sp³-hybridized carbons (Fsp3) is 0.292. The third kappa shape index (κ3) is 4.13. The maximum absolute atomic E-state index is 13.0. The second-order valence-corrected chi connectivity index (χ2v) is 7.50. The van der Waals surface area contributed by atoms with Crippen LogP contribution in [0, 0.1) is 5.92 Å². The van der Waals surface area contributed by atoms with E-state index in [9.17, 15) is 4.79 Å². The topological polar surface area (TPSA) is 58.6 Å². The highest BCUT2D eigenvalue weighted by Crippen LogP contribution is 2.29. The van der Waals surface area contributed by atoms with E-state index < -0.39 is 0 Å². The lowest BCUT2D eigenvalue weighted by atomic mass is 9.96. The van der Waals surface area contributed by atoms with Crippen molar-refractivity contribution in [2.75, 3.05) is 37.0 Å². The standard InChI is InChI=1S/C24H26N4O2/c1-27(19-10-4-3-5-11-19)24(29)18-9-8-16-28(17-18)23-15-14-21(25-26-23)20-12-6-7-13-22(20)30-2/h3-7,10-15,18H,8-9,16-17H2,1-2H3. The minimum Gasteiger partial charge on any atom is -0.496 e. The summed E-state index contributed by atoms with van der Waals surface area (Å²) in [5, 5.41) is 8.86. The van der Waals surface area contributed by atoms with Crippen LogP contribution in [0.25, 0.3) is 11.3 Å². The van der Waals surface area contributed by atoms with E-state index in [1.54, 1.807) is 12.0 Å². The minimum absolute atomic E-state index is 0.0559. The van der Waals surface area contributed by atoms with Gasteiger partial charge < -0.3 is 14.5 Å². The van der Waals surface area contributed by atoms with Crippen LogP contribution in [0.5, 0.6) is 5.75 Å². The number of anilines is 2. The van der Waals surface area contributed by atoms with Crippen LogP contribution in [-0.2, 0) is 4.79 Å². The Balaban J connectivity index is 1.47. The lowest BCUT2D eigenvalue weighted by molar-refractivity contribution is -0.122. The average molecular weight is 402 g/mol. The molecular formula is C24H26N4O2. The summed E-state index contributed by atoms with van der Waals surface area (Å²) in [6.07, 6.45) is 1.84. The van der Waals surface area contributed by atoms with Crippen molar-refractivity contribution in [1.29, 1.82) is 0 Å². The van der Waals surface area contributed by atoms with E-state index in [1.807, 2.05) is 73.8 Å². The second-order valence-electron chi connectivity index (χ2n) is 7.50. The fourth-order valence-electron chi connectivity index (χ4n) is 3.93. The zero-order valence-electron chi connectivity index (χ0n) is 17.4. The molecule has 1 fully saturated rings. The van der Waals surface area contributed by atoms with Gasteiger partial charge in [-0.05, 0) is 49.2 Å². The second kappa shape index (κ2) is 8.95. The number of nitrogens with zero attached hydrogens (tertiary/aromatic N) is 4. The summed E-state index contributed by atoms with van der Waals surface area (Å²) in [4.78, 5) is 16.9. The molecule has 0 N–H and O–H groups in total. The van der Waals surface area contributed by atoms with Crippen LogP contribution in [-0.4, -0.2) is 43.4 Å². The number of hydrogen-bond donors (Lipinski definition) is 0. The smallest absolute Gasteiger partial charge is 0.231 e. The summed E-state index contributed by atoms with van der Waals surface area (Å²) < 4.78 is 5.43. The van der Waals surface area contributed by atoms with E-state index >= 15 is 0 Å². The Morgan fingerprint density at radius 1 is 1.03 bits per heavy atom. The fourth-order valence-corrected chi connectivity index (χ4v) is 3.93. The first kappa shape index (κ1) is 19.9. The highest BCUT2D eigenvalue weighted by molar-refractivity contribution is 5.95. The zero-order chi connectivity index (χ0) is 20.9. The molecule has 0 saturated carbocycles. The van der Waals surface area contributed by atoms with E-state index in [2.05, 4.69) is 15.1 Å². The van der Waals surface area contributed by atoms with Crippen LogP contribution >= 0.6 is 0 Å². The first-order valence-electron chi connectivity index (χ1n) is 10.2. The molecule has 1 aliphatic rings. The van der Waals surface area contributed by atoms with E-state index in [1.165, 1.54) is 0 Å². The van der Waals surface area contributed by atoms with Gasteiger partial charge in [0.25, 0.3) is 0 Å². The molecule has 0 radical (unpaired) electrons. The number of methoxy groups -OCH3 is 1. The molecule has 1 aromatic heterocycles. The normalized spacial score (nSPS) is 16.2. The van der Waals surface area contributed by atoms with Crippen LogP contribution in [0.2, 0.25) is 0 Å². The maximum atomic E-state index is 13.0. The maximum Gasteiger partial charge on any atom is 0.231 e. The molecule has 1 saturated heterocycles. The predicted octanol–water partition coefficient (Wildman–Crippen LogP) is 4.03. The number of aromatic nitrogens is 2. The van der Waals surface area contributed by atoms with Crippen molar-refractivity contribution in [3.05, 3.63) is 66.7 Å². The van der Waals surface area contributed by atoms with Crippen molar-refractivity contribution < 1.29 is 9.53 Å². The van der Waals surface area contributed by atoms with Crippen LogP contribution in [0.4, 0.5) is 11.5 Å². The van der Waals surface area contributed by atoms with Gasteiger partial charge in [0.05, 0.1) is 18.7 Å². The van der Waals surface area contributed by atoms with Gasteiger partial charge in [0, 0.05) is 31.4 Å². The summed E-state index contributed by atoms with van der Waals surface area (Å²) >= 11 is 0. The number of ether oxygens (including phenoxy) is 1. The van der Waals surface area contributed by atoms with Gasteiger partial charge >= 0.3 is 0 Å². The van der Waals surface area contributed by atoms with Crippen molar-refractivity contribution in [1.82, 2.24) is 10.2 Å². The molecule has 0 bridgehead atoms. The molecule has 6 heteroatoms. The summed E-state index contributed by atoms with van der Waals surface area (Å²) in [6, 6.07) is 21.5. The van der Waals surface area contributed by atoms with E-state index in [0.717, 1.165) is 47.9 Å². The predicted molar refractivity (Wildman–Crippen MR) is 119 cm³/mol. The monoisotopic (exact) mass is 402 g/mol. The molecular weight excluding hydrogens is 376 g/mol. The van der Waals surface area contributed by atoms with Gasteiger partial charge in [0.1, 0.15) is 5.75 Å². The molecule has 6 nitrogen and oxygen atoms in total. The summed E-state index contributed by atoms with van der Waals surface area (Å²) in [5.41, 5.74) is 2.60. The number of rotatable bonds is 5. The molecule has 2 aromatic carbocycles. The number of benzene rings is 2. The molecule has 1 unspecified atom stereocenters. The van der Waals surface area contributed by atoms with Gasteiger partial charge in [0.15, 0.2) is 5.82 Å². The Hall–Kier alpha value is -3.41. The van der Waals surface area contributed by atoms with E-state index in [0.29, 0.717) is 6.54 Å². The summed E-state index contributed by atoms with van der Waals surface area (Å²) in [7, 11) is 3.50. The SMILES string of the molecule is COc1ccccc1-c1ccc(N2CCCC(C(=O)N(C)c3ccccc3)C2)nn1. The number of amides is 1. The van der Waals surface area contributed by atoms with Gasteiger partial charge in [0.2, 0.25) is 5.91 Å². The van der Waals surface area contributed by atoms with Gasteiger partial charge in [-0.15, -0.1) is 10.2 Å². The first-order valence-corrected chi connectivity index (χ1v) is 10.2. The Morgan fingerprint density at radius 3 is 2.53 bits per heavy atom. The van der Waals surface area contributed by atoms with Crippen molar-refractivity contribution in [3.8, 4) is 17.0 Å². The molecule has 1 atom stereocenters. The molecule has 0 aliphatic carbocycles. The lowest BCUT2D eigenvalue weighted by Gasteiger charge is -2.34. The summed E-state index contributed by atoms with van der Waals surface area (Å²) in [6.45, 7) is 1.53. The van der Waals surface area contributed by atoms with E-state index in [-0.39, 0.29) is 11.8 Å². The number of piperidine rings is 1. The van der Waals surface area contributed by atoms with Gasteiger partial charge in [-0.2, -0.15) is 0 Å². The molecule has 1 amide bonds. The van der Waals surface area contributed by atoms with Crippen molar-refractivity contribution >= 4 is 17.4 Å². The Labute approximate surface area is 177 Å². The highest BCUT2D eigenvalue weighted by atomic mass is 16.5. The van der Waals surface area contributed by atoms with Crippen molar-refractivity contribution in [2.24, 2.45) is 5.92 Å². The van der Waals surface area contributed by atoms with E-state index in [4.69, 9.17) is 4.74 Å². The van der Waals surface area contributed by atoms with Crippen LogP contribution in [0.15, 0.2) is 66.7 Å². The molecule has 3 aromatic rings. The first-order chi connectivity index (χ1) is 14.7. The quantitative estimate of drug-likeness (QED) is 0.645. The number of carbonyl (C=O) groups is 1. The van der Waals surface area contributed by atoms with Crippen LogP contribution in [0.3, 0.4) is 0 Å². The third-order valence-electron chi connectivity index (χ3n) is 5.60. The van der Waals surface area contributed by atoms with Gasteiger partial charge in [-0.3, -0.25) is 4.79 Å². The third-order valence-corrected chi connectivity index (χ3v) is 5.60. The Morgan fingerprint density at radius 2 is 1.80 bits per heavy atom. The van der Waals surface area contributed by atoms with Crippen molar-refractivity contribution in [2.45, 2.75) is 12.8 Å². The lowest BCUT2D eigenvalue weighted by Crippen LogP contribution is -2.44. The molecule has 1 aliphatic heterocycles. The largest absolute Gasteiger partial charge is 0.496 e. The number of hydrogen-bond acceptors (Lipinski definition) is 5. The minimum atomic E-state index is -0.0559. The van der Waals surface area contributed by atoms with Crippen LogP contribution in [0.1, 0.15) is 12.8 Å². The molecule has 0 spiro atoms. The Kier molecular flexibility index (Phi) is 5.93. The highest BCUT2D eigenvalue weighted by Gasteiger charge is 2.29. The molecule has 2 heterocycles. The zero-order valence-corrected chi connectivity index (χ0v) is 17.4.